The number of nitrogens with one attached hydrogen (secondary N) is 1. The second-order valence-corrected chi connectivity index (χ2v) is 7.70. The molecule has 0 bridgehead atoms. The second-order valence-electron chi connectivity index (χ2n) is 6.67. The average molecular weight is 387 g/mol. The Labute approximate surface area is 161 Å². The first-order valence-electron chi connectivity index (χ1n) is 8.64. The molecule has 3 rings (SSSR count). The SMILES string of the molecule is COC(=O)c1cnc(NC(=O)[C@@H]2CC(=O)N(c3cccc(C(C)C)c3)C2)s1. The molecule has 142 valence electrons. The van der Waals surface area contributed by atoms with Crippen LogP contribution < -0.4 is 10.2 Å². The molecule has 1 aliphatic rings. The summed E-state index contributed by atoms with van der Waals surface area (Å²) in [6.45, 7) is 4.51. The van der Waals surface area contributed by atoms with E-state index in [1.54, 1.807) is 4.90 Å². The third-order valence-electron chi connectivity index (χ3n) is 4.47. The van der Waals surface area contributed by atoms with Crippen LogP contribution >= 0.6 is 11.3 Å². The van der Waals surface area contributed by atoms with Crippen LogP contribution in [0.5, 0.6) is 0 Å². The Morgan fingerprint density at radius 2 is 2.15 bits per heavy atom. The predicted octanol–water partition coefficient (Wildman–Crippen LogP) is 3.04. The molecule has 27 heavy (non-hydrogen) atoms. The molecule has 0 radical (unpaired) electrons. The number of esters is 1. The van der Waals surface area contributed by atoms with Gasteiger partial charge < -0.3 is 15.0 Å². The zero-order valence-electron chi connectivity index (χ0n) is 15.4. The zero-order chi connectivity index (χ0) is 19.6. The van der Waals surface area contributed by atoms with Crippen molar-refractivity contribution in [2.75, 3.05) is 23.9 Å². The Morgan fingerprint density at radius 1 is 1.37 bits per heavy atom. The normalized spacial score (nSPS) is 16.7. The quantitative estimate of drug-likeness (QED) is 0.797. The number of carbonyl (C=O) groups excluding carboxylic acids is 3. The van der Waals surface area contributed by atoms with Crippen LogP contribution in [0.25, 0.3) is 0 Å². The summed E-state index contributed by atoms with van der Waals surface area (Å²) in [5.41, 5.74) is 1.95. The van der Waals surface area contributed by atoms with Gasteiger partial charge in [-0.05, 0) is 23.6 Å². The Balaban J connectivity index is 1.68. The molecule has 0 aliphatic carbocycles. The lowest BCUT2D eigenvalue weighted by Gasteiger charge is -2.18. The van der Waals surface area contributed by atoms with Crippen LogP contribution in [0.4, 0.5) is 10.8 Å². The molecule has 0 spiro atoms. The summed E-state index contributed by atoms with van der Waals surface area (Å²) >= 11 is 1.04. The van der Waals surface area contributed by atoms with E-state index in [9.17, 15) is 14.4 Å². The summed E-state index contributed by atoms with van der Waals surface area (Å²) in [6.07, 6.45) is 1.50. The molecular formula is C19H21N3O4S. The maximum atomic E-state index is 12.5. The fraction of sp³-hybridized carbons (Fsp3) is 0.368. The summed E-state index contributed by atoms with van der Waals surface area (Å²) in [7, 11) is 1.29. The Bertz CT molecular complexity index is 877. The number of benzene rings is 1. The first-order chi connectivity index (χ1) is 12.9. The minimum absolute atomic E-state index is 0.0783. The highest BCUT2D eigenvalue weighted by Crippen LogP contribution is 2.29. The minimum Gasteiger partial charge on any atom is -0.465 e. The number of methoxy groups -OCH3 is 1. The molecule has 1 N–H and O–H groups in total. The molecule has 1 aliphatic heterocycles. The fourth-order valence-corrected chi connectivity index (χ4v) is 3.66. The van der Waals surface area contributed by atoms with E-state index in [1.807, 2.05) is 24.3 Å². The number of amides is 2. The number of hydrogen-bond donors (Lipinski definition) is 1. The molecule has 1 fully saturated rings. The van der Waals surface area contributed by atoms with Crippen LogP contribution in [0.3, 0.4) is 0 Å². The van der Waals surface area contributed by atoms with E-state index in [2.05, 4.69) is 28.9 Å². The number of nitrogens with zero attached hydrogens (tertiary/aromatic N) is 2. The highest BCUT2D eigenvalue weighted by Gasteiger charge is 2.35. The monoisotopic (exact) mass is 387 g/mol. The number of anilines is 2. The average Bonchev–Trinajstić information content (AvgIpc) is 3.28. The molecule has 2 heterocycles. The van der Waals surface area contributed by atoms with Gasteiger partial charge in [-0.15, -0.1) is 0 Å². The first kappa shape index (κ1) is 19.0. The van der Waals surface area contributed by atoms with Gasteiger partial charge in [-0.1, -0.05) is 37.3 Å². The van der Waals surface area contributed by atoms with Crippen LogP contribution in [-0.4, -0.2) is 36.4 Å². The molecule has 2 aromatic rings. The second kappa shape index (κ2) is 7.87. The van der Waals surface area contributed by atoms with Gasteiger partial charge in [0.1, 0.15) is 4.88 Å². The van der Waals surface area contributed by atoms with Crippen LogP contribution in [-0.2, 0) is 14.3 Å². The third kappa shape index (κ3) is 4.16. The van der Waals surface area contributed by atoms with Crippen molar-refractivity contribution in [2.24, 2.45) is 5.92 Å². The van der Waals surface area contributed by atoms with Gasteiger partial charge >= 0.3 is 5.97 Å². The van der Waals surface area contributed by atoms with Crippen molar-refractivity contribution in [3.63, 3.8) is 0 Å². The van der Waals surface area contributed by atoms with E-state index in [1.165, 1.54) is 13.3 Å². The van der Waals surface area contributed by atoms with Crippen LogP contribution in [0.2, 0.25) is 0 Å². The lowest BCUT2D eigenvalue weighted by Crippen LogP contribution is -2.28. The molecule has 8 heteroatoms. The van der Waals surface area contributed by atoms with Gasteiger partial charge in [0.05, 0.1) is 19.2 Å². The lowest BCUT2D eigenvalue weighted by molar-refractivity contribution is -0.122. The van der Waals surface area contributed by atoms with E-state index in [-0.39, 0.29) is 18.2 Å². The van der Waals surface area contributed by atoms with Crippen molar-refractivity contribution < 1.29 is 19.1 Å². The van der Waals surface area contributed by atoms with Crippen molar-refractivity contribution in [1.82, 2.24) is 4.98 Å². The lowest BCUT2D eigenvalue weighted by atomic mass is 10.0. The molecule has 1 aromatic carbocycles. The Hall–Kier alpha value is -2.74. The summed E-state index contributed by atoms with van der Waals surface area (Å²) < 4.78 is 4.63. The summed E-state index contributed by atoms with van der Waals surface area (Å²) in [5.74, 6) is -0.969. The molecule has 1 aromatic heterocycles. The molecule has 1 saturated heterocycles. The van der Waals surface area contributed by atoms with E-state index in [4.69, 9.17) is 0 Å². The smallest absolute Gasteiger partial charge is 0.349 e. The van der Waals surface area contributed by atoms with Gasteiger partial charge in [0, 0.05) is 18.7 Å². The van der Waals surface area contributed by atoms with Crippen molar-refractivity contribution in [2.45, 2.75) is 26.2 Å². The summed E-state index contributed by atoms with van der Waals surface area (Å²) in [4.78, 5) is 42.4. The Kier molecular flexibility index (Phi) is 5.55. The van der Waals surface area contributed by atoms with Gasteiger partial charge in [-0.3, -0.25) is 9.59 Å². The highest BCUT2D eigenvalue weighted by molar-refractivity contribution is 7.17. The van der Waals surface area contributed by atoms with Crippen LogP contribution in [0.15, 0.2) is 30.5 Å². The number of rotatable bonds is 5. The van der Waals surface area contributed by atoms with E-state index >= 15 is 0 Å². The first-order valence-corrected chi connectivity index (χ1v) is 9.46. The van der Waals surface area contributed by atoms with Gasteiger partial charge in [0.25, 0.3) is 0 Å². The van der Waals surface area contributed by atoms with Crippen molar-refractivity contribution in [3.8, 4) is 0 Å². The minimum atomic E-state index is -0.500. The fourth-order valence-electron chi connectivity index (χ4n) is 2.92. The van der Waals surface area contributed by atoms with E-state index < -0.39 is 11.9 Å². The van der Waals surface area contributed by atoms with Crippen LogP contribution in [0, 0.1) is 5.92 Å². The van der Waals surface area contributed by atoms with Crippen LogP contribution in [0.1, 0.15) is 41.4 Å². The Morgan fingerprint density at radius 3 is 2.85 bits per heavy atom. The number of aromatic nitrogens is 1. The number of hydrogen-bond acceptors (Lipinski definition) is 6. The molecule has 0 unspecified atom stereocenters. The topological polar surface area (TPSA) is 88.6 Å². The van der Waals surface area contributed by atoms with Crippen molar-refractivity contribution >= 4 is 39.9 Å². The van der Waals surface area contributed by atoms with Gasteiger partial charge in [-0.25, -0.2) is 9.78 Å². The summed E-state index contributed by atoms with van der Waals surface area (Å²) in [6, 6.07) is 7.83. The molecule has 1 atom stereocenters. The number of ether oxygens (including phenoxy) is 1. The molecule has 0 saturated carbocycles. The largest absolute Gasteiger partial charge is 0.465 e. The maximum absolute atomic E-state index is 12.5. The highest BCUT2D eigenvalue weighted by atomic mass is 32.1. The number of carbonyl (C=O) groups is 3. The zero-order valence-corrected chi connectivity index (χ0v) is 16.2. The molecule has 7 nitrogen and oxygen atoms in total. The molecular weight excluding hydrogens is 366 g/mol. The van der Waals surface area contributed by atoms with Crippen molar-refractivity contribution in [1.29, 1.82) is 0 Å². The van der Waals surface area contributed by atoms with Crippen molar-refractivity contribution in [3.05, 3.63) is 40.9 Å². The van der Waals surface area contributed by atoms with Gasteiger partial charge in [0.15, 0.2) is 5.13 Å². The predicted molar refractivity (Wildman–Crippen MR) is 103 cm³/mol. The third-order valence-corrected chi connectivity index (χ3v) is 5.36. The van der Waals surface area contributed by atoms with E-state index in [0.29, 0.717) is 22.5 Å². The number of thiazole rings is 1. The van der Waals surface area contributed by atoms with E-state index in [0.717, 1.165) is 22.6 Å². The molecule has 2 amide bonds. The maximum Gasteiger partial charge on any atom is 0.349 e. The standard InChI is InChI=1S/C19H21N3O4S/c1-11(2)12-5-4-6-14(7-12)22-10-13(8-16(22)23)17(24)21-19-20-9-15(27-19)18(25)26-3/h4-7,9,11,13H,8,10H2,1-3H3,(H,20,21,24)/t13-/m1/s1. The van der Waals surface area contributed by atoms with Gasteiger partial charge in [-0.2, -0.15) is 0 Å². The summed E-state index contributed by atoms with van der Waals surface area (Å²) in [5, 5.41) is 3.00. The van der Waals surface area contributed by atoms with Gasteiger partial charge in [0.2, 0.25) is 11.8 Å².